The van der Waals surface area contributed by atoms with E-state index in [0.717, 1.165) is 5.56 Å². The summed E-state index contributed by atoms with van der Waals surface area (Å²) in [6.07, 6.45) is 3.07. The number of carbonyl (C=O) groups excluding carboxylic acids is 3. The van der Waals surface area contributed by atoms with Gasteiger partial charge in [0.2, 0.25) is 11.8 Å². The number of hydrogen-bond donors (Lipinski definition) is 3. The minimum Gasteiger partial charge on any atom is -0.457 e. The first-order valence-corrected chi connectivity index (χ1v) is 13.9. The van der Waals surface area contributed by atoms with Crippen molar-refractivity contribution < 1.29 is 23.7 Å². The predicted molar refractivity (Wildman–Crippen MR) is 172 cm³/mol. The molecule has 0 bridgehead atoms. The third-order valence-electron chi connectivity index (χ3n) is 6.85. The quantitative estimate of drug-likeness (QED) is 0.0700. The minimum atomic E-state index is -0.848. The second-order valence-electron chi connectivity index (χ2n) is 10.1. The number of furan rings is 1. The van der Waals surface area contributed by atoms with E-state index in [0.29, 0.717) is 34.8 Å². The largest absolute Gasteiger partial charge is 0.457 e. The molecule has 45 heavy (non-hydrogen) atoms. The lowest BCUT2D eigenvalue weighted by Gasteiger charge is -2.16. The molecule has 5 aromatic rings. The topological polar surface area (TPSA) is 158 Å². The van der Waals surface area contributed by atoms with Crippen LogP contribution in [0.3, 0.4) is 0 Å². The Morgan fingerprint density at radius 2 is 1.53 bits per heavy atom. The molecule has 1 heterocycles. The molecule has 5 rings (SSSR count). The Hall–Kier alpha value is -6.13. The number of anilines is 2. The van der Waals surface area contributed by atoms with Gasteiger partial charge in [-0.2, -0.15) is 0 Å². The number of carbonyl (C=O) groups is 3. The Balaban J connectivity index is 1.30. The molecule has 224 valence electrons. The fraction of sp³-hybridized carbons (Fsp3) is 0.0571. The Labute approximate surface area is 258 Å². The van der Waals surface area contributed by atoms with Gasteiger partial charge in [0, 0.05) is 40.6 Å². The van der Waals surface area contributed by atoms with Gasteiger partial charge in [0.25, 0.3) is 5.69 Å². The molecular formula is C35H28N4O6. The van der Waals surface area contributed by atoms with Gasteiger partial charge in [0.15, 0.2) is 5.78 Å². The molecule has 0 saturated heterocycles. The van der Waals surface area contributed by atoms with Crippen LogP contribution in [0.1, 0.15) is 27.2 Å². The molecular weight excluding hydrogens is 572 g/mol. The van der Waals surface area contributed by atoms with Gasteiger partial charge in [-0.05, 0) is 60.5 Å². The first kappa shape index (κ1) is 30.3. The van der Waals surface area contributed by atoms with Gasteiger partial charge in [-0.1, -0.05) is 60.7 Å². The smallest absolute Gasteiger partial charge is 0.269 e. The van der Waals surface area contributed by atoms with Crippen molar-refractivity contribution >= 4 is 40.7 Å². The van der Waals surface area contributed by atoms with Crippen molar-refractivity contribution in [3.63, 3.8) is 0 Å². The van der Waals surface area contributed by atoms with E-state index >= 15 is 0 Å². The number of non-ortho nitro benzene ring substituents is 1. The molecule has 2 amide bonds. The Bertz CT molecular complexity index is 1870. The lowest BCUT2D eigenvalue weighted by atomic mass is 10.00. The summed E-state index contributed by atoms with van der Waals surface area (Å²) in [5.74, 6) is -0.405. The van der Waals surface area contributed by atoms with Crippen LogP contribution in [0, 0.1) is 10.1 Å². The van der Waals surface area contributed by atoms with Crippen LogP contribution in [0.4, 0.5) is 17.1 Å². The summed E-state index contributed by atoms with van der Waals surface area (Å²) in [5, 5.41) is 16.4. The van der Waals surface area contributed by atoms with E-state index in [4.69, 9.17) is 10.2 Å². The summed E-state index contributed by atoms with van der Waals surface area (Å²) in [5.41, 5.74) is 8.88. The number of nitrogens with zero attached hydrogens (tertiary/aromatic N) is 1. The van der Waals surface area contributed by atoms with Crippen LogP contribution < -0.4 is 16.4 Å². The van der Waals surface area contributed by atoms with Crippen LogP contribution in [0.15, 0.2) is 126 Å². The number of benzene rings is 4. The van der Waals surface area contributed by atoms with Gasteiger partial charge < -0.3 is 20.8 Å². The molecule has 0 radical (unpaired) electrons. The molecule has 1 atom stereocenters. The van der Waals surface area contributed by atoms with Gasteiger partial charge in [-0.25, -0.2) is 0 Å². The van der Waals surface area contributed by atoms with E-state index in [1.54, 1.807) is 66.7 Å². The second kappa shape index (κ2) is 13.9. The third-order valence-corrected chi connectivity index (χ3v) is 6.85. The summed E-state index contributed by atoms with van der Waals surface area (Å²) in [7, 11) is 0. The molecule has 10 nitrogen and oxygen atoms in total. The van der Waals surface area contributed by atoms with Crippen molar-refractivity contribution in [2.75, 3.05) is 10.6 Å². The standard InChI is InChI=1S/C35H28N4O6/c36-30(21-23-7-3-1-4-8-23)35(42)38-31-18-13-26(22-29(31)34(41)25-9-5-2-6-10-25)37-33(40)20-17-28-16-19-32(45-28)24-11-14-27(15-12-24)39(43)44/h1-20,22,30H,21,36H2,(H,37,40)(H,38,42)/b20-17+. The Morgan fingerprint density at radius 1 is 0.844 bits per heavy atom. The number of nitrogens with one attached hydrogen (secondary N) is 2. The van der Waals surface area contributed by atoms with E-state index < -0.39 is 22.8 Å². The zero-order chi connectivity index (χ0) is 31.8. The molecule has 0 aliphatic rings. The maximum atomic E-state index is 13.5. The number of amides is 2. The number of hydrogen-bond acceptors (Lipinski definition) is 7. The fourth-order valence-electron chi connectivity index (χ4n) is 4.54. The van der Waals surface area contributed by atoms with Crippen molar-refractivity contribution in [1.82, 2.24) is 0 Å². The Morgan fingerprint density at radius 3 is 2.22 bits per heavy atom. The summed E-state index contributed by atoms with van der Waals surface area (Å²) >= 11 is 0. The van der Waals surface area contributed by atoms with E-state index in [1.807, 2.05) is 30.3 Å². The van der Waals surface area contributed by atoms with Crippen molar-refractivity contribution in [3.8, 4) is 11.3 Å². The van der Waals surface area contributed by atoms with Crippen molar-refractivity contribution in [2.45, 2.75) is 12.5 Å². The summed E-state index contributed by atoms with van der Waals surface area (Å²) in [4.78, 5) is 49.6. The van der Waals surface area contributed by atoms with Crippen LogP contribution in [0.2, 0.25) is 0 Å². The molecule has 10 heteroatoms. The van der Waals surface area contributed by atoms with Gasteiger partial charge >= 0.3 is 0 Å². The second-order valence-corrected chi connectivity index (χ2v) is 10.1. The van der Waals surface area contributed by atoms with Gasteiger partial charge in [-0.15, -0.1) is 0 Å². The highest BCUT2D eigenvalue weighted by Gasteiger charge is 2.20. The molecule has 0 aliphatic carbocycles. The first-order chi connectivity index (χ1) is 21.8. The van der Waals surface area contributed by atoms with E-state index in [2.05, 4.69) is 10.6 Å². The maximum absolute atomic E-state index is 13.5. The van der Waals surface area contributed by atoms with Gasteiger partial charge in [-0.3, -0.25) is 24.5 Å². The van der Waals surface area contributed by atoms with Crippen LogP contribution >= 0.6 is 0 Å². The molecule has 0 aliphatic heterocycles. The highest BCUT2D eigenvalue weighted by Crippen LogP contribution is 2.26. The molecule has 1 unspecified atom stereocenters. The first-order valence-electron chi connectivity index (χ1n) is 13.9. The maximum Gasteiger partial charge on any atom is 0.269 e. The lowest BCUT2D eigenvalue weighted by molar-refractivity contribution is -0.384. The zero-order valence-electron chi connectivity index (χ0n) is 23.9. The summed E-state index contributed by atoms with van der Waals surface area (Å²) in [6, 6.07) is 31.0. The normalized spacial score (nSPS) is 11.6. The van der Waals surface area contributed by atoms with Crippen LogP contribution in [-0.2, 0) is 16.0 Å². The van der Waals surface area contributed by atoms with E-state index in [9.17, 15) is 24.5 Å². The molecule has 4 aromatic carbocycles. The van der Waals surface area contributed by atoms with Crippen LogP contribution in [0.25, 0.3) is 17.4 Å². The van der Waals surface area contributed by atoms with E-state index in [1.165, 1.54) is 30.4 Å². The summed E-state index contributed by atoms with van der Waals surface area (Å²) in [6.45, 7) is 0. The van der Waals surface area contributed by atoms with Crippen LogP contribution in [-0.4, -0.2) is 28.6 Å². The number of nitro benzene ring substituents is 1. The van der Waals surface area contributed by atoms with Gasteiger partial charge in [0.1, 0.15) is 11.5 Å². The SMILES string of the molecule is NC(Cc1ccccc1)C(=O)Nc1ccc(NC(=O)/C=C/c2ccc(-c3ccc([N+](=O)[O-])cc3)o2)cc1C(=O)c1ccccc1. The molecule has 0 saturated carbocycles. The molecule has 0 spiro atoms. The number of nitro groups is 1. The number of rotatable bonds is 11. The number of nitrogens with two attached hydrogens (primary N) is 1. The highest BCUT2D eigenvalue weighted by molar-refractivity contribution is 6.15. The van der Waals surface area contributed by atoms with Gasteiger partial charge in [0.05, 0.1) is 16.7 Å². The minimum absolute atomic E-state index is 0.0298. The van der Waals surface area contributed by atoms with Crippen molar-refractivity contribution in [3.05, 3.63) is 154 Å². The molecule has 0 fully saturated rings. The third kappa shape index (κ3) is 7.83. The van der Waals surface area contributed by atoms with Crippen molar-refractivity contribution in [2.24, 2.45) is 5.73 Å². The predicted octanol–water partition coefficient (Wildman–Crippen LogP) is 6.25. The summed E-state index contributed by atoms with van der Waals surface area (Å²) < 4.78 is 5.75. The highest BCUT2D eigenvalue weighted by atomic mass is 16.6. The number of ketones is 1. The lowest BCUT2D eigenvalue weighted by Crippen LogP contribution is -2.37. The molecule has 4 N–H and O–H groups in total. The fourth-order valence-corrected chi connectivity index (χ4v) is 4.54. The van der Waals surface area contributed by atoms with Crippen molar-refractivity contribution in [1.29, 1.82) is 0 Å². The van der Waals surface area contributed by atoms with Crippen LogP contribution in [0.5, 0.6) is 0 Å². The Kier molecular flexibility index (Phi) is 9.37. The van der Waals surface area contributed by atoms with E-state index in [-0.39, 0.29) is 22.7 Å². The average molecular weight is 601 g/mol. The monoisotopic (exact) mass is 600 g/mol. The molecule has 1 aromatic heterocycles. The zero-order valence-corrected chi connectivity index (χ0v) is 23.9. The average Bonchev–Trinajstić information content (AvgIpc) is 3.54.